The van der Waals surface area contributed by atoms with Crippen molar-refractivity contribution in [1.82, 2.24) is 5.32 Å². The summed E-state index contributed by atoms with van der Waals surface area (Å²) in [7, 11) is 0. The van der Waals surface area contributed by atoms with Crippen LogP contribution in [0.15, 0.2) is 0 Å². The molecule has 0 saturated carbocycles. The maximum atomic E-state index is 11.7. The Morgan fingerprint density at radius 1 is 1.60 bits per heavy atom. The van der Waals surface area contributed by atoms with Crippen molar-refractivity contribution in [3.8, 4) is 6.07 Å². The van der Waals surface area contributed by atoms with Crippen molar-refractivity contribution in [2.75, 3.05) is 6.61 Å². The van der Waals surface area contributed by atoms with Crippen LogP contribution < -0.4 is 5.32 Å². The van der Waals surface area contributed by atoms with Crippen molar-refractivity contribution < 1.29 is 9.53 Å². The van der Waals surface area contributed by atoms with Gasteiger partial charge in [-0.05, 0) is 33.6 Å². The topological polar surface area (TPSA) is 62.1 Å². The number of carbonyl (C=O) groups is 1. The molecule has 0 bridgehead atoms. The van der Waals surface area contributed by atoms with Gasteiger partial charge in [0.2, 0.25) is 5.91 Å². The lowest BCUT2D eigenvalue weighted by atomic mass is 9.93. The van der Waals surface area contributed by atoms with E-state index < -0.39 is 5.41 Å². The molecule has 1 heterocycles. The van der Waals surface area contributed by atoms with Gasteiger partial charge in [0, 0.05) is 12.6 Å². The van der Waals surface area contributed by atoms with E-state index in [4.69, 9.17) is 10.00 Å². The van der Waals surface area contributed by atoms with E-state index in [2.05, 4.69) is 5.32 Å². The second kappa shape index (κ2) is 4.63. The van der Waals surface area contributed by atoms with Crippen molar-refractivity contribution in [3.05, 3.63) is 0 Å². The summed E-state index contributed by atoms with van der Waals surface area (Å²) in [6.07, 6.45) is 1.85. The van der Waals surface area contributed by atoms with E-state index in [1.54, 1.807) is 13.8 Å². The molecular formula is C11H18N2O2. The first-order valence-electron chi connectivity index (χ1n) is 5.29. The average Bonchev–Trinajstić information content (AvgIpc) is 2.17. The average molecular weight is 210 g/mol. The molecule has 0 aliphatic carbocycles. The highest BCUT2D eigenvalue weighted by atomic mass is 16.5. The highest BCUT2D eigenvalue weighted by Crippen LogP contribution is 2.17. The van der Waals surface area contributed by atoms with Gasteiger partial charge in [-0.1, -0.05) is 0 Å². The maximum Gasteiger partial charge on any atom is 0.240 e. The molecule has 0 spiro atoms. The molecule has 2 atom stereocenters. The SMILES string of the molecule is CC1CC(NC(=O)C(C)(C)C#N)CCO1. The highest BCUT2D eigenvalue weighted by molar-refractivity contribution is 5.84. The summed E-state index contributed by atoms with van der Waals surface area (Å²) >= 11 is 0. The number of nitrogens with zero attached hydrogens (tertiary/aromatic N) is 1. The fourth-order valence-electron chi connectivity index (χ4n) is 1.55. The van der Waals surface area contributed by atoms with Crippen LogP contribution in [0.4, 0.5) is 0 Å². The van der Waals surface area contributed by atoms with E-state index in [-0.39, 0.29) is 18.1 Å². The van der Waals surface area contributed by atoms with Crippen molar-refractivity contribution in [1.29, 1.82) is 5.26 Å². The third-order valence-corrected chi connectivity index (χ3v) is 2.67. The first-order chi connectivity index (χ1) is 6.95. The lowest BCUT2D eigenvalue weighted by molar-refractivity contribution is -0.128. The van der Waals surface area contributed by atoms with Crippen LogP contribution in [0.3, 0.4) is 0 Å². The molecule has 1 saturated heterocycles. The molecule has 4 nitrogen and oxygen atoms in total. The van der Waals surface area contributed by atoms with Crippen LogP contribution >= 0.6 is 0 Å². The zero-order valence-corrected chi connectivity index (χ0v) is 9.54. The molecule has 1 N–H and O–H groups in total. The zero-order chi connectivity index (χ0) is 11.5. The molecule has 0 aromatic rings. The Morgan fingerprint density at radius 2 is 2.27 bits per heavy atom. The molecule has 0 aromatic carbocycles. The Labute approximate surface area is 90.6 Å². The monoisotopic (exact) mass is 210 g/mol. The highest BCUT2D eigenvalue weighted by Gasteiger charge is 2.30. The van der Waals surface area contributed by atoms with Gasteiger partial charge in [-0.3, -0.25) is 4.79 Å². The Morgan fingerprint density at radius 3 is 2.80 bits per heavy atom. The molecule has 1 aliphatic heterocycles. The molecule has 2 unspecified atom stereocenters. The third kappa shape index (κ3) is 3.21. The second-order valence-electron chi connectivity index (χ2n) is 4.61. The molecular weight excluding hydrogens is 192 g/mol. The fourth-order valence-corrected chi connectivity index (χ4v) is 1.55. The van der Waals surface area contributed by atoms with Crippen LogP contribution in [-0.4, -0.2) is 24.7 Å². The van der Waals surface area contributed by atoms with Gasteiger partial charge in [0.15, 0.2) is 0 Å². The number of amides is 1. The zero-order valence-electron chi connectivity index (χ0n) is 9.54. The van der Waals surface area contributed by atoms with Crippen molar-refractivity contribution in [2.45, 2.75) is 45.8 Å². The van der Waals surface area contributed by atoms with E-state index in [1.807, 2.05) is 13.0 Å². The minimum absolute atomic E-state index is 0.147. The summed E-state index contributed by atoms with van der Waals surface area (Å²) in [4.78, 5) is 11.7. The van der Waals surface area contributed by atoms with Gasteiger partial charge < -0.3 is 10.1 Å². The van der Waals surface area contributed by atoms with Gasteiger partial charge in [-0.25, -0.2) is 0 Å². The molecule has 0 aromatic heterocycles. The summed E-state index contributed by atoms with van der Waals surface area (Å²) < 4.78 is 5.39. The van der Waals surface area contributed by atoms with Crippen LogP contribution in [0, 0.1) is 16.7 Å². The van der Waals surface area contributed by atoms with E-state index in [1.165, 1.54) is 0 Å². The van der Waals surface area contributed by atoms with Gasteiger partial charge in [-0.2, -0.15) is 5.26 Å². The molecule has 1 fully saturated rings. The molecule has 0 radical (unpaired) electrons. The van der Waals surface area contributed by atoms with Crippen molar-refractivity contribution in [3.63, 3.8) is 0 Å². The quantitative estimate of drug-likeness (QED) is 0.745. The Balaban J connectivity index is 2.48. The van der Waals surface area contributed by atoms with Crippen LogP contribution in [0.1, 0.15) is 33.6 Å². The number of hydrogen-bond acceptors (Lipinski definition) is 3. The van der Waals surface area contributed by atoms with Crippen LogP contribution in [0.25, 0.3) is 0 Å². The third-order valence-electron chi connectivity index (χ3n) is 2.67. The molecule has 84 valence electrons. The number of nitriles is 1. The summed E-state index contributed by atoms with van der Waals surface area (Å²) in [6.45, 7) is 5.93. The van der Waals surface area contributed by atoms with Crippen molar-refractivity contribution in [2.24, 2.45) is 5.41 Å². The summed E-state index contributed by atoms with van der Waals surface area (Å²) in [5.74, 6) is -0.191. The van der Waals surface area contributed by atoms with Gasteiger partial charge in [0.1, 0.15) is 5.41 Å². The Kier molecular flexibility index (Phi) is 3.70. The lowest BCUT2D eigenvalue weighted by Gasteiger charge is -2.29. The molecule has 1 rings (SSSR count). The first kappa shape index (κ1) is 12.0. The van der Waals surface area contributed by atoms with E-state index in [9.17, 15) is 4.79 Å². The van der Waals surface area contributed by atoms with Gasteiger partial charge in [0.25, 0.3) is 0 Å². The molecule has 15 heavy (non-hydrogen) atoms. The van der Waals surface area contributed by atoms with Crippen LogP contribution in [0.2, 0.25) is 0 Å². The number of ether oxygens (including phenoxy) is 1. The largest absolute Gasteiger partial charge is 0.378 e. The normalized spacial score (nSPS) is 26.8. The maximum absolute atomic E-state index is 11.7. The molecule has 1 amide bonds. The first-order valence-corrected chi connectivity index (χ1v) is 5.29. The summed E-state index contributed by atoms with van der Waals surface area (Å²) in [5.41, 5.74) is -0.943. The molecule has 4 heteroatoms. The van der Waals surface area contributed by atoms with Gasteiger partial charge >= 0.3 is 0 Å². The second-order valence-corrected chi connectivity index (χ2v) is 4.61. The van der Waals surface area contributed by atoms with Gasteiger partial charge in [0.05, 0.1) is 12.2 Å². The predicted molar refractivity (Wildman–Crippen MR) is 56.0 cm³/mol. The summed E-state index contributed by atoms with van der Waals surface area (Å²) in [5, 5.41) is 11.7. The predicted octanol–water partition coefficient (Wildman–Crippen LogP) is 1.22. The smallest absolute Gasteiger partial charge is 0.240 e. The van der Waals surface area contributed by atoms with Crippen LogP contribution in [0.5, 0.6) is 0 Å². The standard InChI is InChI=1S/C11H18N2O2/c1-8-6-9(4-5-15-8)13-10(14)11(2,3)7-12/h8-9H,4-6H2,1-3H3,(H,13,14). The van der Waals surface area contributed by atoms with Crippen LogP contribution in [-0.2, 0) is 9.53 Å². The van der Waals surface area contributed by atoms with E-state index >= 15 is 0 Å². The number of nitrogens with one attached hydrogen (secondary N) is 1. The van der Waals surface area contributed by atoms with Gasteiger partial charge in [-0.15, -0.1) is 0 Å². The minimum Gasteiger partial charge on any atom is -0.378 e. The fraction of sp³-hybridized carbons (Fsp3) is 0.818. The minimum atomic E-state index is -0.943. The number of rotatable bonds is 2. The number of carbonyl (C=O) groups excluding carboxylic acids is 1. The number of hydrogen-bond donors (Lipinski definition) is 1. The molecule has 1 aliphatic rings. The van der Waals surface area contributed by atoms with E-state index in [0.717, 1.165) is 12.8 Å². The Hall–Kier alpha value is -1.08. The van der Waals surface area contributed by atoms with E-state index in [0.29, 0.717) is 6.61 Å². The van der Waals surface area contributed by atoms with Crippen molar-refractivity contribution >= 4 is 5.91 Å². The Bertz CT molecular complexity index is 281. The lowest BCUT2D eigenvalue weighted by Crippen LogP contribution is -2.46. The summed E-state index contributed by atoms with van der Waals surface area (Å²) in [6, 6.07) is 2.15.